The van der Waals surface area contributed by atoms with E-state index in [1.54, 1.807) is 0 Å². The number of hydrogen-bond donors (Lipinski definition) is 1. The molecule has 19 heavy (non-hydrogen) atoms. The molecule has 0 aromatic heterocycles. The van der Waals surface area contributed by atoms with Gasteiger partial charge in [-0.3, -0.25) is 4.90 Å². The van der Waals surface area contributed by atoms with Gasteiger partial charge in [0.2, 0.25) is 0 Å². The molecule has 1 heterocycles. The monoisotopic (exact) mass is 266 g/mol. The third kappa shape index (κ3) is 5.07. The van der Waals surface area contributed by atoms with Crippen molar-refractivity contribution in [2.75, 3.05) is 19.6 Å². The molecule has 1 saturated carbocycles. The number of rotatable bonds is 5. The van der Waals surface area contributed by atoms with Crippen LogP contribution in [0.25, 0.3) is 0 Å². The van der Waals surface area contributed by atoms with Gasteiger partial charge in [0.05, 0.1) is 0 Å². The first-order chi connectivity index (χ1) is 9.29. The second kappa shape index (κ2) is 8.26. The van der Waals surface area contributed by atoms with Crippen molar-refractivity contribution in [2.45, 2.75) is 83.7 Å². The standard InChI is InChI=1S/C17H34N2/c1-3-16-8-7-12-19(13-11-16)15(2)14-18-17-9-5-4-6-10-17/h15-18H,3-14H2,1-2H3. The number of likely N-dealkylation sites (tertiary alicyclic amines) is 1. The Labute approximate surface area is 120 Å². The van der Waals surface area contributed by atoms with Gasteiger partial charge in [0.1, 0.15) is 0 Å². The number of nitrogens with zero attached hydrogens (tertiary/aromatic N) is 1. The number of nitrogens with one attached hydrogen (secondary N) is 1. The van der Waals surface area contributed by atoms with Crippen LogP contribution in [-0.2, 0) is 0 Å². The van der Waals surface area contributed by atoms with Gasteiger partial charge in [0.15, 0.2) is 0 Å². The summed E-state index contributed by atoms with van der Waals surface area (Å²) in [4.78, 5) is 2.73. The lowest BCUT2D eigenvalue weighted by Crippen LogP contribution is -2.44. The SMILES string of the molecule is CCC1CCCN(C(C)CNC2CCCCC2)CC1. The van der Waals surface area contributed by atoms with Crippen molar-refractivity contribution >= 4 is 0 Å². The molecule has 112 valence electrons. The third-order valence-electron chi connectivity index (χ3n) is 5.39. The first-order valence-corrected chi connectivity index (χ1v) is 8.77. The molecule has 2 fully saturated rings. The molecule has 0 aromatic carbocycles. The van der Waals surface area contributed by atoms with Gasteiger partial charge in [-0.05, 0) is 58.0 Å². The van der Waals surface area contributed by atoms with Crippen LogP contribution in [0.15, 0.2) is 0 Å². The number of hydrogen-bond acceptors (Lipinski definition) is 2. The minimum Gasteiger partial charge on any atom is -0.312 e. The molecule has 0 bridgehead atoms. The second-order valence-corrected chi connectivity index (χ2v) is 6.83. The van der Waals surface area contributed by atoms with Gasteiger partial charge in [-0.25, -0.2) is 0 Å². The Morgan fingerprint density at radius 1 is 1.00 bits per heavy atom. The Bertz CT molecular complexity index is 235. The van der Waals surface area contributed by atoms with Crippen molar-refractivity contribution in [3.05, 3.63) is 0 Å². The Morgan fingerprint density at radius 3 is 2.53 bits per heavy atom. The predicted octanol–water partition coefficient (Wildman–Crippen LogP) is 3.81. The van der Waals surface area contributed by atoms with E-state index in [9.17, 15) is 0 Å². The average Bonchev–Trinajstić information content (AvgIpc) is 2.71. The van der Waals surface area contributed by atoms with E-state index in [-0.39, 0.29) is 0 Å². The van der Waals surface area contributed by atoms with Crippen molar-refractivity contribution in [1.82, 2.24) is 10.2 Å². The lowest BCUT2D eigenvalue weighted by Gasteiger charge is -2.31. The summed E-state index contributed by atoms with van der Waals surface area (Å²) in [6, 6.07) is 1.53. The van der Waals surface area contributed by atoms with Crippen LogP contribution < -0.4 is 5.32 Å². The summed E-state index contributed by atoms with van der Waals surface area (Å²) in [5.74, 6) is 0.989. The van der Waals surface area contributed by atoms with Gasteiger partial charge in [-0.15, -0.1) is 0 Å². The average molecular weight is 266 g/mol. The highest BCUT2D eigenvalue weighted by atomic mass is 15.2. The maximum atomic E-state index is 3.82. The van der Waals surface area contributed by atoms with Gasteiger partial charge in [-0.2, -0.15) is 0 Å². The minimum atomic E-state index is 0.720. The van der Waals surface area contributed by atoms with E-state index in [0.717, 1.165) is 18.0 Å². The van der Waals surface area contributed by atoms with E-state index >= 15 is 0 Å². The quantitative estimate of drug-likeness (QED) is 0.814. The molecule has 2 atom stereocenters. The Hall–Kier alpha value is -0.0800. The summed E-state index contributed by atoms with van der Waals surface area (Å²) in [7, 11) is 0. The minimum absolute atomic E-state index is 0.720. The summed E-state index contributed by atoms with van der Waals surface area (Å²) in [6.45, 7) is 8.62. The van der Waals surface area contributed by atoms with Crippen molar-refractivity contribution in [3.8, 4) is 0 Å². The van der Waals surface area contributed by atoms with E-state index in [0.29, 0.717) is 0 Å². The molecule has 1 saturated heterocycles. The zero-order valence-electron chi connectivity index (χ0n) is 13.2. The van der Waals surface area contributed by atoms with Crippen LogP contribution in [0.4, 0.5) is 0 Å². The molecule has 0 spiro atoms. The molecule has 2 nitrogen and oxygen atoms in total. The van der Waals surface area contributed by atoms with Gasteiger partial charge >= 0.3 is 0 Å². The summed E-state index contributed by atoms with van der Waals surface area (Å²) in [5.41, 5.74) is 0. The molecule has 0 amide bonds. The normalized spacial score (nSPS) is 29.1. The smallest absolute Gasteiger partial charge is 0.0192 e. The molecule has 1 N–H and O–H groups in total. The van der Waals surface area contributed by atoms with Crippen molar-refractivity contribution in [1.29, 1.82) is 0 Å². The van der Waals surface area contributed by atoms with E-state index < -0.39 is 0 Å². The van der Waals surface area contributed by atoms with Gasteiger partial charge in [0.25, 0.3) is 0 Å². The van der Waals surface area contributed by atoms with Crippen LogP contribution in [0.2, 0.25) is 0 Å². The van der Waals surface area contributed by atoms with Crippen LogP contribution in [0.1, 0.15) is 71.6 Å². The fourth-order valence-electron chi connectivity index (χ4n) is 3.81. The first-order valence-electron chi connectivity index (χ1n) is 8.77. The lowest BCUT2D eigenvalue weighted by atomic mass is 9.95. The fourth-order valence-corrected chi connectivity index (χ4v) is 3.81. The fraction of sp³-hybridized carbons (Fsp3) is 1.00. The molecule has 2 rings (SSSR count). The molecule has 2 unspecified atom stereocenters. The maximum absolute atomic E-state index is 3.82. The summed E-state index contributed by atoms with van der Waals surface area (Å²) in [6.07, 6.45) is 12.8. The van der Waals surface area contributed by atoms with E-state index in [4.69, 9.17) is 0 Å². The van der Waals surface area contributed by atoms with E-state index in [1.165, 1.54) is 77.4 Å². The summed E-state index contributed by atoms with van der Waals surface area (Å²) < 4.78 is 0. The van der Waals surface area contributed by atoms with Crippen molar-refractivity contribution in [2.24, 2.45) is 5.92 Å². The van der Waals surface area contributed by atoms with Gasteiger partial charge < -0.3 is 5.32 Å². The Morgan fingerprint density at radius 2 is 1.79 bits per heavy atom. The molecule has 1 aliphatic heterocycles. The molecule has 0 radical (unpaired) electrons. The van der Waals surface area contributed by atoms with E-state index in [2.05, 4.69) is 24.1 Å². The van der Waals surface area contributed by atoms with Crippen LogP contribution >= 0.6 is 0 Å². The van der Waals surface area contributed by atoms with Crippen LogP contribution in [0.5, 0.6) is 0 Å². The van der Waals surface area contributed by atoms with Gasteiger partial charge in [0, 0.05) is 18.6 Å². The topological polar surface area (TPSA) is 15.3 Å². The molecule has 2 aliphatic rings. The third-order valence-corrected chi connectivity index (χ3v) is 5.39. The largest absolute Gasteiger partial charge is 0.312 e. The van der Waals surface area contributed by atoms with E-state index in [1.807, 2.05) is 0 Å². The van der Waals surface area contributed by atoms with Crippen molar-refractivity contribution in [3.63, 3.8) is 0 Å². The Kier molecular flexibility index (Phi) is 6.66. The van der Waals surface area contributed by atoms with Crippen molar-refractivity contribution < 1.29 is 0 Å². The Balaban J connectivity index is 1.68. The highest BCUT2D eigenvalue weighted by molar-refractivity contribution is 4.78. The highest BCUT2D eigenvalue weighted by Gasteiger charge is 2.20. The van der Waals surface area contributed by atoms with Crippen LogP contribution in [0, 0.1) is 5.92 Å². The predicted molar refractivity (Wildman–Crippen MR) is 83.5 cm³/mol. The summed E-state index contributed by atoms with van der Waals surface area (Å²) in [5, 5.41) is 3.82. The molecule has 1 aliphatic carbocycles. The molecule has 0 aromatic rings. The second-order valence-electron chi connectivity index (χ2n) is 6.83. The lowest BCUT2D eigenvalue weighted by molar-refractivity contribution is 0.200. The van der Waals surface area contributed by atoms with Crippen LogP contribution in [-0.4, -0.2) is 36.6 Å². The first kappa shape index (κ1) is 15.3. The molecule has 2 heteroatoms. The zero-order chi connectivity index (χ0) is 13.5. The summed E-state index contributed by atoms with van der Waals surface area (Å²) >= 11 is 0. The zero-order valence-corrected chi connectivity index (χ0v) is 13.2. The maximum Gasteiger partial charge on any atom is 0.0192 e. The highest BCUT2D eigenvalue weighted by Crippen LogP contribution is 2.22. The van der Waals surface area contributed by atoms with Gasteiger partial charge in [-0.1, -0.05) is 32.6 Å². The van der Waals surface area contributed by atoms with Crippen LogP contribution in [0.3, 0.4) is 0 Å². The molecular formula is C17H34N2. The molecular weight excluding hydrogens is 232 g/mol.